The van der Waals surface area contributed by atoms with E-state index in [0.29, 0.717) is 5.56 Å². The normalized spacial score (nSPS) is 27.6. The van der Waals surface area contributed by atoms with E-state index in [1.165, 1.54) is 19.1 Å². The predicted molar refractivity (Wildman–Crippen MR) is 64.7 cm³/mol. The number of rotatable bonds is 2. The number of allylic oxidation sites excluding steroid dienone is 2. The quantitative estimate of drug-likeness (QED) is 0.766. The lowest BCUT2D eigenvalue weighted by Crippen LogP contribution is -2.40. The molecular formula is C14H14O3. The molecule has 0 aromatic heterocycles. The Balaban J connectivity index is 2.37. The van der Waals surface area contributed by atoms with Gasteiger partial charge in [-0.3, -0.25) is 4.79 Å². The molecule has 2 rings (SSSR count). The molecule has 0 spiro atoms. The zero-order valence-electron chi connectivity index (χ0n) is 9.50. The van der Waals surface area contributed by atoms with Crippen LogP contribution in [0.4, 0.5) is 0 Å². The minimum absolute atomic E-state index is 0.105. The fourth-order valence-electron chi connectivity index (χ4n) is 2.00. The number of aliphatic hydroxyl groups is 2. The number of carbonyl (C=O) groups excluding carboxylic acids is 1. The van der Waals surface area contributed by atoms with Gasteiger partial charge in [-0.1, -0.05) is 42.5 Å². The summed E-state index contributed by atoms with van der Waals surface area (Å²) in [4.78, 5) is 12.2. The van der Waals surface area contributed by atoms with Gasteiger partial charge in [-0.15, -0.1) is 0 Å². The Morgan fingerprint density at radius 2 is 1.94 bits per heavy atom. The van der Waals surface area contributed by atoms with E-state index in [9.17, 15) is 15.0 Å². The van der Waals surface area contributed by atoms with Gasteiger partial charge in [0, 0.05) is 5.56 Å². The van der Waals surface area contributed by atoms with E-state index >= 15 is 0 Å². The molecule has 3 nitrogen and oxygen atoms in total. The van der Waals surface area contributed by atoms with Gasteiger partial charge in [0.2, 0.25) is 0 Å². The Morgan fingerprint density at radius 3 is 2.53 bits per heavy atom. The SMILES string of the molecule is C[C@]1(O)C=CC=C(O)[C@@H]1C(=O)c1ccccc1. The number of ketones is 1. The van der Waals surface area contributed by atoms with Gasteiger partial charge in [-0.05, 0) is 13.0 Å². The van der Waals surface area contributed by atoms with Crippen LogP contribution in [0.1, 0.15) is 17.3 Å². The van der Waals surface area contributed by atoms with Crippen molar-refractivity contribution in [3.63, 3.8) is 0 Å². The number of hydrogen-bond donors (Lipinski definition) is 2. The van der Waals surface area contributed by atoms with Crippen molar-refractivity contribution < 1.29 is 15.0 Å². The molecular weight excluding hydrogens is 216 g/mol. The van der Waals surface area contributed by atoms with E-state index in [1.807, 2.05) is 6.07 Å². The molecule has 2 N–H and O–H groups in total. The molecule has 0 bridgehead atoms. The van der Waals surface area contributed by atoms with E-state index in [2.05, 4.69) is 0 Å². The molecule has 1 aromatic rings. The average Bonchev–Trinajstić information content (AvgIpc) is 2.28. The molecule has 0 heterocycles. The van der Waals surface area contributed by atoms with Crippen LogP contribution >= 0.6 is 0 Å². The Hall–Kier alpha value is -1.87. The van der Waals surface area contributed by atoms with Gasteiger partial charge in [0.25, 0.3) is 0 Å². The molecule has 88 valence electrons. The molecule has 0 unspecified atom stereocenters. The maximum absolute atomic E-state index is 12.2. The van der Waals surface area contributed by atoms with Crippen molar-refractivity contribution in [1.29, 1.82) is 0 Å². The topological polar surface area (TPSA) is 57.5 Å². The fraction of sp³-hybridized carbons (Fsp3) is 0.214. The zero-order chi connectivity index (χ0) is 12.5. The van der Waals surface area contributed by atoms with E-state index in [1.54, 1.807) is 30.3 Å². The van der Waals surface area contributed by atoms with Gasteiger partial charge in [0.05, 0.1) is 5.60 Å². The number of Topliss-reactive ketones (excluding diaryl/α,β-unsaturated/α-hetero) is 1. The van der Waals surface area contributed by atoms with E-state index in [4.69, 9.17) is 0 Å². The summed E-state index contributed by atoms with van der Waals surface area (Å²) < 4.78 is 0. The highest BCUT2D eigenvalue weighted by Crippen LogP contribution is 2.31. The van der Waals surface area contributed by atoms with Crippen molar-refractivity contribution in [2.24, 2.45) is 5.92 Å². The minimum atomic E-state index is -1.36. The molecule has 0 saturated carbocycles. The Bertz CT molecular complexity index is 483. The van der Waals surface area contributed by atoms with Gasteiger partial charge in [0.15, 0.2) is 5.78 Å². The van der Waals surface area contributed by atoms with Gasteiger partial charge in [-0.2, -0.15) is 0 Å². The lowest BCUT2D eigenvalue weighted by atomic mass is 9.79. The Kier molecular flexibility index (Phi) is 2.86. The van der Waals surface area contributed by atoms with Crippen LogP contribution < -0.4 is 0 Å². The summed E-state index contributed by atoms with van der Waals surface area (Å²) in [6.45, 7) is 1.51. The first kappa shape index (κ1) is 11.6. The molecule has 0 aliphatic heterocycles. The summed E-state index contributed by atoms with van der Waals surface area (Å²) in [7, 11) is 0. The molecule has 1 aromatic carbocycles. The second-order valence-electron chi connectivity index (χ2n) is 4.34. The van der Waals surface area contributed by atoms with E-state index in [-0.39, 0.29) is 11.5 Å². The smallest absolute Gasteiger partial charge is 0.176 e. The van der Waals surface area contributed by atoms with Crippen LogP contribution in [0, 0.1) is 5.92 Å². The average molecular weight is 230 g/mol. The lowest BCUT2D eigenvalue weighted by molar-refractivity contribution is 0.0366. The van der Waals surface area contributed by atoms with Crippen LogP contribution in [0.25, 0.3) is 0 Å². The molecule has 1 aliphatic rings. The third-order valence-corrected chi connectivity index (χ3v) is 2.90. The van der Waals surface area contributed by atoms with Crippen LogP contribution in [-0.4, -0.2) is 21.6 Å². The predicted octanol–water partition coefficient (Wildman–Crippen LogP) is 2.25. The summed E-state index contributed by atoms with van der Waals surface area (Å²) in [5.74, 6) is -1.32. The molecule has 0 amide bonds. The highest BCUT2D eigenvalue weighted by molar-refractivity contribution is 6.00. The number of benzene rings is 1. The van der Waals surface area contributed by atoms with E-state index in [0.717, 1.165) is 0 Å². The largest absolute Gasteiger partial charge is 0.511 e. The maximum atomic E-state index is 12.2. The highest BCUT2D eigenvalue weighted by Gasteiger charge is 2.40. The number of aliphatic hydroxyl groups excluding tert-OH is 1. The van der Waals surface area contributed by atoms with E-state index < -0.39 is 11.5 Å². The molecule has 17 heavy (non-hydrogen) atoms. The Labute approximate surface area is 99.7 Å². The summed E-state index contributed by atoms with van der Waals surface area (Å²) >= 11 is 0. The fourth-order valence-corrected chi connectivity index (χ4v) is 2.00. The first-order valence-electron chi connectivity index (χ1n) is 5.42. The molecule has 0 saturated heterocycles. The van der Waals surface area contributed by atoms with Crippen molar-refractivity contribution >= 4 is 5.78 Å². The second-order valence-corrected chi connectivity index (χ2v) is 4.34. The van der Waals surface area contributed by atoms with Gasteiger partial charge < -0.3 is 10.2 Å². The molecule has 0 radical (unpaired) electrons. The summed E-state index contributed by atoms with van der Waals surface area (Å²) in [6, 6.07) is 8.65. The standard InChI is InChI=1S/C14H14O3/c1-14(17)9-5-8-11(15)12(14)13(16)10-6-3-2-4-7-10/h2-9,12,15,17H,1H3/t12-,14+/m1/s1. The minimum Gasteiger partial charge on any atom is -0.511 e. The van der Waals surface area contributed by atoms with Crippen molar-refractivity contribution in [3.05, 3.63) is 59.9 Å². The molecule has 0 fully saturated rings. The van der Waals surface area contributed by atoms with Crippen molar-refractivity contribution in [2.75, 3.05) is 0 Å². The maximum Gasteiger partial charge on any atom is 0.176 e. The first-order chi connectivity index (χ1) is 8.02. The van der Waals surface area contributed by atoms with Crippen LogP contribution in [0.5, 0.6) is 0 Å². The van der Waals surface area contributed by atoms with Gasteiger partial charge in [0.1, 0.15) is 11.7 Å². The first-order valence-corrected chi connectivity index (χ1v) is 5.42. The molecule has 2 atom stereocenters. The Morgan fingerprint density at radius 1 is 1.29 bits per heavy atom. The number of carbonyl (C=O) groups is 1. The second kappa shape index (κ2) is 4.18. The lowest BCUT2D eigenvalue weighted by Gasteiger charge is -2.30. The monoisotopic (exact) mass is 230 g/mol. The van der Waals surface area contributed by atoms with Crippen molar-refractivity contribution in [1.82, 2.24) is 0 Å². The summed E-state index contributed by atoms with van der Waals surface area (Å²) in [6.07, 6.45) is 4.49. The van der Waals surface area contributed by atoms with Gasteiger partial charge in [-0.25, -0.2) is 0 Å². The zero-order valence-corrected chi connectivity index (χ0v) is 9.50. The molecule has 3 heteroatoms. The third kappa shape index (κ3) is 2.15. The number of hydrogen-bond acceptors (Lipinski definition) is 3. The summed E-state index contributed by atoms with van der Waals surface area (Å²) in [5.41, 5.74) is -0.876. The highest BCUT2D eigenvalue weighted by atomic mass is 16.3. The molecule has 1 aliphatic carbocycles. The van der Waals surface area contributed by atoms with Crippen LogP contribution in [0.3, 0.4) is 0 Å². The van der Waals surface area contributed by atoms with Crippen LogP contribution in [0.2, 0.25) is 0 Å². The van der Waals surface area contributed by atoms with Crippen LogP contribution in [0.15, 0.2) is 54.3 Å². The van der Waals surface area contributed by atoms with Crippen molar-refractivity contribution in [2.45, 2.75) is 12.5 Å². The van der Waals surface area contributed by atoms with Gasteiger partial charge >= 0.3 is 0 Å². The van der Waals surface area contributed by atoms with Crippen molar-refractivity contribution in [3.8, 4) is 0 Å². The summed E-state index contributed by atoms with van der Waals surface area (Å²) in [5, 5.41) is 19.9. The van der Waals surface area contributed by atoms with Crippen LogP contribution in [-0.2, 0) is 0 Å². The third-order valence-electron chi connectivity index (χ3n) is 2.90.